The monoisotopic (exact) mass is 627 g/mol. The van der Waals surface area contributed by atoms with Crippen molar-refractivity contribution in [2.45, 2.75) is 20.3 Å². The highest BCUT2D eigenvalue weighted by molar-refractivity contribution is 6.30. The third kappa shape index (κ3) is 6.11. The Morgan fingerprint density at radius 3 is 2.30 bits per heavy atom. The van der Waals surface area contributed by atoms with E-state index < -0.39 is 0 Å². The van der Waals surface area contributed by atoms with Crippen LogP contribution in [0.4, 0.5) is 5.82 Å². The van der Waals surface area contributed by atoms with Crippen molar-refractivity contribution in [3.05, 3.63) is 136 Å². The molecule has 0 saturated carbocycles. The molecule has 0 spiro atoms. The minimum Gasteiger partial charge on any atom is -0.369 e. The van der Waals surface area contributed by atoms with E-state index in [2.05, 4.69) is 31.4 Å². The van der Waals surface area contributed by atoms with Crippen molar-refractivity contribution in [1.29, 1.82) is 5.26 Å². The molecule has 0 bridgehead atoms. The van der Waals surface area contributed by atoms with Crippen LogP contribution >= 0.6 is 11.6 Å². The third-order valence-corrected chi connectivity index (χ3v) is 7.88. The molecule has 2 N–H and O–H groups in total. The van der Waals surface area contributed by atoms with Crippen molar-refractivity contribution in [2.24, 2.45) is 0 Å². The van der Waals surface area contributed by atoms with Gasteiger partial charge in [-0.1, -0.05) is 59.6 Å². The fourth-order valence-corrected chi connectivity index (χ4v) is 5.43. The second kappa shape index (κ2) is 13.1. The summed E-state index contributed by atoms with van der Waals surface area (Å²) in [5, 5.41) is 21.5. The fourth-order valence-electron chi connectivity index (χ4n) is 5.30. The molecule has 1 amide bonds. The van der Waals surface area contributed by atoms with Crippen molar-refractivity contribution < 1.29 is 9.59 Å². The maximum absolute atomic E-state index is 13.4. The van der Waals surface area contributed by atoms with Gasteiger partial charge in [0.1, 0.15) is 23.3 Å². The Bertz CT molecular complexity index is 2090. The molecular weight excluding hydrogens is 598 g/mol. The van der Waals surface area contributed by atoms with Crippen molar-refractivity contribution in [1.82, 2.24) is 24.6 Å². The standard InChI is InChI=1S/C36H30ClN7O2/c1-23-9-11-25(12-10-23)34(45)33-30(22-38)35(44(42-33)29-16-14-27(37)15-17-29)39-19-6-20-40-36(46)26-13-18-32-31(21-26)41-24(2)43(32)28-7-4-3-5-8-28/h3-5,7-18,21,39H,6,19-20H2,1-2H3,(H,40,46). The van der Waals surface area contributed by atoms with Gasteiger partial charge in [0.05, 0.1) is 16.7 Å². The van der Waals surface area contributed by atoms with Crippen LogP contribution in [0, 0.1) is 25.2 Å². The number of fused-ring (bicyclic) bond motifs is 1. The van der Waals surface area contributed by atoms with Crippen molar-refractivity contribution >= 4 is 40.1 Å². The average Bonchev–Trinajstić information content (AvgIpc) is 3.61. The number of anilines is 1. The van der Waals surface area contributed by atoms with Gasteiger partial charge in [0.2, 0.25) is 5.78 Å². The molecule has 6 aromatic rings. The van der Waals surface area contributed by atoms with Crippen LogP contribution in [-0.4, -0.2) is 44.1 Å². The number of amides is 1. The van der Waals surface area contributed by atoms with Gasteiger partial charge < -0.3 is 10.6 Å². The topological polar surface area (TPSA) is 118 Å². The van der Waals surface area contributed by atoms with Crippen LogP contribution in [-0.2, 0) is 0 Å². The number of nitrogens with zero attached hydrogens (tertiary/aromatic N) is 5. The third-order valence-electron chi connectivity index (χ3n) is 7.63. The zero-order chi connectivity index (χ0) is 32.2. The fraction of sp³-hybridized carbons (Fsp3) is 0.139. The summed E-state index contributed by atoms with van der Waals surface area (Å²) >= 11 is 6.11. The highest BCUT2D eigenvalue weighted by Gasteiger charge is 2.25. The largest absolute Gasteiger partial charge is 0.369 e. The molecule has 0 aliphatic carbocycles. The lowest BCUT2D eigenvalue weighted by molar-refractivity contribution is 0.0953. The van der Waals surface area contributed by atoms with Crippen molar-refractivity contribution in [3.8, 4) is 17.4 Å². The Morgan fingerprint density at radius 1 is 0.870 bits per heavy atom. The molecule has 10 heteroatoms. The van der Waals surface area contributed by atoms with E-state index in [0.717, 1.165) is 28.1 Å². The van der Waals surface area contributed by atoms with Gasteiger partial charge in [-0.25, -0.2) is 9.67 Å². The van der Waals surface area contributed by atoms with Gasteiger partial charge in [-0.05, 0) is 74.9 Å². The molecule has 0 unspecified atom stereocenters. The van der Waals surface area contributed by atoms with E-state index in [4.69, 9.17) is 11.6 Å². The molecule has 0 aliphatic heterocycles. The summed E-state index contributed by atoms with van der Waals surface area (Å²) in [6, 6.07) is 31.8. The van der Waals surface area contributed by atoms with Gasteiger partial charge in [0.15, 0.2) is 5.69 Å². The summed E-state index contributed by atoms with van der Waals surface area (Å²) in [6.07, 6.45) is 0.549. The minimum absolute atomic E-state index is 0.0532. The first kappa shape index (κ1) is 30.3. The molecule has 6 rings (SSSR count). The van der Waals surface area contributed by atoms with Crippen LogP contribution in [0.15, 0.2) is 97.1 Å². The van der Waals surface area contributed by atoms with E-state index in [-0.39, 0.29) is 22.9 Å². The first-order valence-electron chi connectivity index (χ1n) is 14.8. The number of carbonyl (C=O) groups is 2. The van der Waals surface area contributed by atoms with Crippen LogP contribution in [0.5, 0.6) is 0 Å². The smallest absolute Gasteiger partial charge is 0.251 e. The maximum Gasteiger partial charge on any atom is 0.251 e. The number of hydrogen-bond acceptors (Lipinski definition) is 6. The number of imidazole rings is 1. The molecule has 2 aromatic heterocycles. The molecule has 9 nitrogen and oxygen atoms in total. The van der Waals surface area contributed by atoms with E-state index in [1.54, 1.807) is 53.2 Å². The second-order valence-corrected chi connectivity index (χ2v) is 11.3. The lowest BCUT2D eigenvalue weighted by atomic mass is 10.0. The van der Waals surface area contributed by atoms with Crippen LogP contribution in [0.2, 0.25) is 5.02 Å². The predicted molar refractivity (Wildman–Crippen MR) is 179 cm³/mol. The van der Waals surface area contributed by atoms with Gasteiger partial charge in [0.25, 0.3) is 5.91 Å². The number of aryl methyl sites for hydroxylation is 2. The van der Waals surface area contributed by atoms with E-state index in [0.29, 0.717) is 47.2 Å². The number of benzene rings is 4. The molecule has 228 valence electrons. The SMILES string of the molecule is Cc1ccc(C(=O)c2nn(-c3ccc(Cl)cc3)c(NCCCNC(=O)c3ccc4c(c3)nc(C)n4-c3ccccc3)c2C#N)cc1. The highest BCUT2D eigenvalue weighted by Crippen LogP contribution is 2.27. The number of rotatable bonds is 10. The molecule has 2 heterocycles. The number of nitrogens with one attached hydrogen (secondary N) is 2. The van der Waals surface area contributed by atoms with E-state index in [1.165, 1.54) is 0 Å². The lowest BCUT2D eigenvalue weighted by Gasteiger charge is -2.11. The van der Waals surface area contributed by atoms with Gasteiger partial charge in [0, 0.05) is 34.9 Å². The number of carbonyl (C=O) groups excluding carboxylic acids is 2. The Morgan fingerprint density at radius 2 is 1.59 bits per heavy atom. The van der Waals surface area contributed by atoms with Crippen molar-refractivity contribution in [3.63, 3.8) is 0 Å². The van der Waals surface area contributed by atoms with Crippen molar-refractivity contribution in [2.75, 3.05) is 18.4 Å². The van der Waals surface area contributed by atoms with E-state index in [1.807, 2.05) is 62.4 Å². The molecule has 0 atom stereocenters. The minimum atomic E-state index is -0.347. The first-order valence-corrected chi connectivity index (χ1v) is 15.2. The first-order chi connectivity index (χ1) is 22.3. The number of aromatic nitrogens is 4. The zero-order valence-electron chi connectivity index (χ0n) is 25.3. The van der Waals surface area contributed by atoms with Gasteiger partial charge in [-0.3, -0.25) is 14.2 Å². The Balaban J connectivity index is 1.15. The van der Waals surface area contributed by atoms with Gasteiger partial charge in [-0.15, -0.1) is 0 Å². The summed E-state index contributed by atoms with van der Waals surface area (Å²) < 4.78 is 3.60. The number of halogens is 1. The van der Waals surface area contributed by atoms with Gasteiger partial charge >= 0.3 is 0 Å². The van der Waals surface area contributed by atoms with Gasteiger partial charge in [-0.2, -0.15) is 10.4 Å². The summed E-state index contributed by atoms with van der Waals surface area (Å²) in [7, 11) is 0. The molecule has 4 aromatic carbocycles. The highest BCUT2D eigenvalue weighted by atomic mass is 35.5. The normalized spacial score (nSPS) is 10.9. The number of ketones is 1. The Labute approximate surface area is 271 Å². The van der Waals surface area contributed by atoms with Crippen LogP contribution < -0.4 is 10.6 Å². The summed E-state index contributed by atoms with van der Waals surface area (Å²) in [5.74, 6) is 0.675. The molecule has 0 radical (unpaired) electrons. The quantitative estimate of drug-likeness (QED) is 0.127. The summed E-state index contributed by atoms with van der Waals surface area (Å²) in [6.45, 7) is 4.67. The van der Waals surface area contributed by atoms with E-state index in [9.17, 15) is 14.9 Å². The Kier molecular flexibility index (Phi) is 8.63. The van der Waals surface area contributed by atoms with Crippen LogP contribution in [0.25, 0.3) is 22.4 Å². The number of hydrogen-bond donors (Lipinski definition) is 2. The summed E-state index contributed by atoms with van der Waals surface area (Å²) in [4.78, 5) is 31.1. The molecule has 46 heavy (non-hydrogen) atoms. The molecule has 0 aliphatic rings. The number of para-hydroxylation sites is 1. The molecular formula is C36H30ClN7O2. The predicted octanol–water partition coefficient (Wildman–Crippen LogP) is 6.82. The molecule has 0 fully saturated rings. The van der Waals surface area contributed by atoms with E-state index >= 15 is 0 Å². The lowest BCUT2D eigenvalue weighted by Crippen LogP contribution is -2.26. The Hall–Kier alpha value is -5.72. The van der Waals surface area contributed by atoms with Crippen LogP contribution in [0.1, 0.15) is 49.8 Å². The second-order valence-electron chi connectivity index (χ2n) is 10.8. The van der Waals surface area contributed by atoms with Crippen LogP contribution in [0.3, 0.4) is 0 Å². The zero-order valence-corrected chi connectivity index (χ0v) is 26.0. The molecule has 0 saturated heterocycles. The summed E-state index contributed by atoms with van der Waals surface area (Å²) in [5.41, 5.74) is 5.49. The maximum atomic E-state index is 13.4. The average molecular weight is 628 g/mol. The number of nitriles is 1.